The maximum Gasteiger partial charge on any atom is 0.186 e. The summed E-state index contributed by atoms with van der Waals surface area (Å²) in [6, 6.07) is 38.2. The number of fused-ring (bicyclic) bond motifs is 8. The van der Waals surface area contributed by atoms with Crippen LogP contribution in [0.4, 0.5) is 5.69 Å². The quantitative estimate of drug-likeness (QED) is 0.0604. The number of carbonyl (C=O) groups is 1. The summed E-state index contributed by atoms with van der Waals surface area (Å²) in [7, 11) is 1.84. The first-order chi connectivity index (χ1) is 32.7. The lowest BCUT2D eigenvalue weighted by Crippen LogP contribution is -2.46. The summed E-state index contributed by atoms with van der Waals surface area (Å²) in [6.07, 6.45) is 13.2. The first-order valence-corrected chi connectivity index (χ1v) is 24.9. The van der Waals surface area contributed by atoms with Gasteiger partial charge in [-0.3, -0.25) is 4.79 Å². The molecular formula is C60H69NO6. The first-order valence-electron chi connectivity index (χ1n) is 24.9. The van der Waals surface area contributed by atoms with Gasteiger partial charge in [-0.05, 0) is 126 Å². The second-order valence-electron chi connectivity index (χ2n) is 19.2. The molecule has 0 amide bonds. The molecule has 0 aromatic heterocycles. The molecule has 7 nitrogen and oxygen atoms in total. The third-order valence-electron chi connectivity index (χ3n) is 15.1. The molecule has 1 fully saturated rings. The number of ether oxygens (including phenoxy) is 5. The van der Waals surface area contributed by atoms with Gasteiger partial charge >= 0.3 is 0 Å². The van der Waals surface area contributed by atoms with E-state index in [0.29, 0.717) is 51.4 Å². The van der Waals surface area contributed by atoms with E-state index in [4.69, 9.17) is 23.7 Å². The van der Waals surface area contributed by atoms with Crippen LogP contribution in [-0.2, 0) is 40.2 Å². The lowest BCUT2D eigenvalue weighted by Gasteiger charge is -2.50. The van der Waals surface area contributed by atoms with Gasteiger partial charge in [0, 0.05) is 48.0 Å². The lowest BCUT2D eigenvalue weighted by atomic mass is 9.58. The van der Waals surface area contributed by atoms with Crippen LogP contribution in [0.2, 0.25) is 0 Å². The first kappa shape index (κ1) is 46.6. The number of ketones is 1. The molecule has 0 spiro atoms. The van der Waals surface area contributed by atoms with Crippen LogP contribution in [0.1, 0.15) is 113 Å². The van der Waals surface area contributed by atoms with Gasteiger partial charge < -0.3 is 28.6 Å². The monoisotopic (exact) mass is 900 g/mol. The van der Waals surface area contributed by atoms with Crippen molar-refractivity contribution in [2.75, 3.05) is 58.1 Å². The van der Waals surface area contributed by atoms with E-state index in [1.165, 1.54) is 63.7 Å². The molecule has 5 aromatic carbocycles. The maximum atomic E-state index is 12.3. The minimum atomic E-state index is -0.780. The number of hydrogen-bond donors (Lipinski definition) is 0. The molecule has 0 bridgehead atoms. The summed E-state index contributed by atoms with van der Waals surface area (Å²) in [4.78, 5) is 14.9. The van der Waals surface area contributed by atoms with Gasteiger partial charge in [-0.1, -0.05) is 118 Å². The predicted molar refractivity (Wildman–Crippen MR) is 272 cm³/mol. The number of Topliss-reactive ketones (excluding diaryl/α,β-unsaturated/α-hetero) is 1. The Kier molecular flexibility index (Phi) is 13.9. The molecule has 3 atom stereocenters. The number of nitrogens with zero attached hydrogens (tertiary/aromatic N) is 1. The number of piperidine rings is 1. The molecule has 1 saturated heterocycles. The molecule has 2 heterocycles. The molecule has 9 rings (SSSR count). The van der Waals surface area contributed by atoms with Gasteiger partial charge in [0.2, 0.25) is 0 Å². The second kappa shape index (κ2) is 20.0. The number of anilines is 1. The normalized spacial score (nSPS) is 21.1. The number of hydrogen-bond acceptors (Lipinski definition) is 7. The van der Waals surface area contributed by atoms with Crippen molar-refractivity contribution in [3.05, 3.63) is 161 Å². The number of methoxy groups -OCH3 is 1. The Hall–Kier alpha value is -5.47. The van der Waals surface area contributed by atoms with Gasteiger partial charge in [-0.15, -0.1) is 0 Å². The summed E-state index contributed by atoms with van der Waals surface area (Å²) in [5, 5.41) is 2.44. The summed E-state index contributed by atoms with van der Waals surface area (Å²) in [5.74, 6) is 1.80. The molecule has 5 aromatic rings. The fourth-order valence-electron chi connectivity index (χ4n) is 12.3. The largest absolute Gasteiger partial charge is 0.500 e. The van der Waals surface area contributed by atoms with Gasteiger partial charge in [0.05, 0.1) is 44.6 Å². The third-order valence-corrected chi connectivity index (χ3v) is 15.1. The molecule has 4 aliphatic rings. The predicted octanol–water partition coefficient (Wildman–Crippen LogP) is 13.2. The van der Waals surface area contributed by atoms with Crippen LogP contribution in [0.5, 0.6) is 5.75 Å². The molecule has 67 heavy (non-hydrogen) atoms. The highest BCUT2D eigenvalue weighted by molar-refractivity contribution is 6.11. The highest BCUT2D eigenvalue weighted by Crippen LogP contribution is 2.65. The van der Waals surface area contributed by atoms with Gasteiger partial charge in [0.15, 0.2) is 5.78 Å². The van der Waals surface area contributed by atoms with Crippen molar-refractivity contribution >= 4 is 27.8 Å². The Morgan fingerprint density at radius 2 is 1.48 bits per heavy atom. The second-order valence-corrected chi connectivity index (χ2v) is 19.2. The smallest absolute Gasteiger partial charge is 0.186 e. The van der Waals surface area contributed by atoms with E-state index >= 15 is 0 Å². The van der Waals surface area contributed by atoms with E-state index in [1.807, 2.05) is 7.11 Å². The highest BCUT2D eigenvalue weighted by Gasteiger charge is 2.56. The van der Waals surface area contributed by atoms with Crippen molar-refractivity contribution in [1.82, 2.24) is 0 Å². The van der Waals surface area contributed by atoms with Gasteiger partial charge in [-0.2, -0.15) is 0 Å². The fraction of sp³-hybridized carbons (Fsp3) is 0.417. The van der Waals surface area contributed by atoms with Gasteiger partial charge in [0.25, 0.3) is 0 Å². The number of rotatable bonds is 19. The molecule has 2 aliphatic heterocycles. The van der Waals surface area contributed by atoms with Crippen molar-refractivity contribution in [2.24, 2.45) is 0 Å². The van der Waals surface area contributed by atoms with Crippen LogP contribution in [0.25, 0.3) is 27.5 Å². The Morgan fingerprint density at radius 3 is 2.18 bits per heavy atom. The minimum Gasteiger partial charge on any atom is -0.500 e. The van der Waals surface area contributed by atoms with Crippen LogP contribution >= 0.6 is 0 Å². The molecule has 2 aliphatic carbocycles. The SMILES string of the molecule is C=C(C)C(=O)[C@H](C)OCCOCCOC1(c2ccccc2)CC=C(OC)C(C2=CCOc3c2c2c(c4cc(N5CCCCC5)ccc34)-c3ccccc3C2(CCC)CCC)(c2ccccc2)C1. The highest BCUT2D eigenvalue weighted by atomic mass is 16.6. The molecule has 7 heteroatoms. The van der Waals surface area contributed by atoms with Crippen LogP contribution in [0.3, 0.4) is 0 Å². The average Bonchev–Trinajstić information content (AvgIpc) is 3.65. The molecule has 350 valence electrons. The van der Waals surface area contributed by atoms with Crippen LogP contribution < -0.4 is 9.64 Å². The van der Waals surface area contributed by atoms with E-state index in [9.17, 15) is 4.79 Å². The molecule has 0 N–H and O–H groups in total. The zero-order valence-corrected chi connectivity index (χ0v) is 40.5. The van der Waals surface area contributed by atoms with Crippen LogP contribution in [-0.4, -0.2) is 65.1 Å². The maximum absolute atomic E-state index is 12.3. The van der Waals surface area contributed by atoms with Crippen molar-refractivity contribution < 1.29 is 28.5 Å². The number of carbonyl (C=O) groups excluding carboxylic acids is 1. The summed E-state index contributed by atoms with van der Waals surface area (Å²) in [6.45, 7) is 15.9. The van der Waals surface area contributed by atoms with Crippen molar-refractivity contribution in [3.63, 3.8) is 0 Å². The number of benzene rings is 5. The fourth-order valence-corrected chi connectivity index (χ4v) is 12.3. The van der Waals surface area contributed by atoms with Crippen LogP contribution in [0, 0.1) is 0 Å². The van der Waals surface area contributed by atoms with E-state index in [0.717, 1.165) is 66.8 Å². The summed E-state index contributed by atoms with van der Waals surface area (Å²) in [5.41, 5.74) is 10.2. The van der Waals surface area contributed by atoms with E-state index in [-0.39, 0.29) is 11.2 Å². The Labute approximate surface area is 398 Å². The Morgan fingerprint density at radius 1 is 0.791 bits per heavy atom. The molecule has 0 radical (unpaired) electrons. The summed E-state index contributed by atoms with van der Waals surface area (Å²) < 4.78 is 33.1. The van der Waals surface area contributed by atoms with Crippen molar-refractivity contribution in [2.45, 2.75) is 108 Å². The third kappa shape index (κ3) is 8.36. The topological polar surface area (TPSA) is 66.5 Å². The lowest BCUT2D eigenvalue weighted by molar-refractivity contribution is -0.127. The Bertz CT molecular complexity index is 2640. The molecule has 2 unspecified atom stereocenters. The van der Waals surface area contributed by atoms with E-state index in [1.54, 1.807) is 13.8 Å². The molecule has 0 saturated carbocycles. The van der Waals surface area contributed by atoms with Crippen molar-refractivity contribution in [3.8, 4) is 16.9 Å². The average molecular weight is 900 g/mol. The van der Waals surface area contributed by atoms with Crippen LogP contribution in [0.15, 0.2) is 133 Å². The van der Waals surface area contributed by atoms with Crippen molar-refractivity contribution in [1.29, 1.82) is 0 Å². The molecular weight excluding hydrogens is 831 g/mol. The summed E-state index contributed by atoms with van der Waals surface area (Å²) >= 11 is 0. The standard InChI is InChI=1S/C60H69NO6/c1-7-30-58(31-8-2)50-25-17-16-24-48(50)53-49-40-46(61-33-18-11-19-34-61)26-27-47(49)57-54(55(53)58)51(29-35-66-57)60(45-22-14-10-15-23-45)41-59(32-28-52(60)63-6,44-20-12-9-13-21-44)67-39-37-64-36-38-65-43(5)56(62)42(3)4/h9-10,12-17,20-29,40,43H,3,7-8,11,18-19,30-39,41H2,1-2,4-6H3/t43-,59?,60?/m0/s1. The van der Waals surface area contributed by atoms with Gasteiger partial charge in [-0.25, -0.2) is 0 Å². The zero-order valence-electron chi connectivity index (χ0n) is 40.5. The van der Waals surface area contributed by atoms with E-state index in [2.05, 4.69) is 141 Å². The van der Waals surface area contributed by atoms with E-state index < -0.39 is 17.1 Å². The number of allylic oxidation sites excluding steroid dienone is 1. The minimum absolute atomic E-state index is 0.0934. The Balaban J connectivity index is 1.22. The zero-order chi connectivity index (χ0) is 46.6. The van der Waals surface area contributed by atoms with Gasteiger partial charge in [0.1, 0.15) is 24.2 Å².